The molecule has 0 fully saturated rings. The number of hydrogen-bond acceptors (Lipinski definition) is 1. The molecule has 0 amide bonds. The molecule has 0 atom stereocenters. The summed E-state index contributed by atoms with van der Waals surface area (Å²) in [6.07, 6.45) is 0. The van der Waals surface area contributed by atoms with Crippen LogP contribution in [0.4, 0.5) is 0 Å². The molecule has 35 heavy (non-hydrogen) atoms. The Labute approximate surface area is 210 Å². The first-order chi connectivity index (χ1) is 16.8. The van der Waals surface area contributed by atoms with Crippen LogP contribution in [0.15, 0.2) is 84.9 Å². The fourth-order valence-corrected chi connectivity index (χ4v) is 5.95. The summed E-state index contributed by atoms with van der Waals surface area (Å²) in [5.74, 6) is 0. The Morgan fingerprint density at radius 3 is 1.57 bits per heavy atom. The molecule has 0 aliphatic carbocycles. The zero-order chi connectivity index (χ0) is 24.7. The first kappa shape index (κ1) is 23.1. The van der Waals surface area contributed by atoms with Crippen LogP contribution in [-0.4, -0.2) is 11.7 Å². The third-order valence-corrected chi connectivity index (χ3v) is 7.18. The maximum atomic E-state index is 5.09. The Morgan fingerprint density at radius 1 is 0.543 bits per heavy atom. The van der Waals surface area contributed by atoms with Gasteiger partial charge in [0.15, 0.2) is 0 Å². The van der Waals surface area contributed by atoms with E-state index in [0.29, 0.717) is 0 Å². The minimum absolute atomic E-state index is 0.117. The van der Waals surface area contributed by atoms with Crippen LogP contribution in [0.25, 0.3) is 22.2 Å². The van der Waals surface area contributed by atoms with E-state index < -0.39 is 0 Å². The van der Waals surface area contributed by atoms with Gasteiger partial charge in [-0.15, -0.1) is 0 Å². The van der Waals surface area contributed by atoms with Crippen molar-refractivity contribution in [3.63, 3.8) is 0 Å². The lowest BCUT2D eigenvalue weighted by Gasteiger charge is -2.26. The maximum absolute atomic E-state index is 5.09. The molecule has 172 valence electrons. The van der Waals surface area contributed by atoms with Gasteiger partial charge in [-0.25, -0.2) is 4.98 Å². The minimum atomic E-state index is 0.117. The van der Waals surface area contributed by atoms with Gasteiger partial charge in [0.2, 0.25) is 6.71 Å². The fourth-order valence-electron chi connectivity index (χ4n) is 5.95. The summed E-state index contributed by atoms with van der Waals surface area (Å²) in [7, 11) is 0. The lowest BCUT2D eigenvalue weighted by molar-refractivity contribution is 1.34. The van der Waals surface area contributed by atoms with E-state index in [0.717, 1.165) is 16.8 Å². The van der Waals surface area contributed by atoms with E-state index in [1.165, 1.54) is 55.2 Å². The largest absolute Gasteiger partial charge is 0.248 e. The third-order valence-electron chi connectivity index (χ3n) is 7.18. The van der Waals surface area contributed by atoms with Crippen LogP contribution in [0.1, 0.15) is 33.4 Å². The molecule has 5 rings (SSSR count). The molecule has 1 aromatic heterocycles. The topological polar surface area (TPSA) is 12.9 Å². The molecule has 1 heterocycles. The van der Waals surface area contributed by atoms with Crippen molar-refractivity contribution in [1.82, 2.24) is 4.98 Å². The van der Waals surface area contributed by atoms with Crippen LogP contribution >= 0.6 is 0 Å². The molecular weight excluding hydrogens is 421 g/mol. The molecule has 2 heteroatoms. The van der Waals surface area contributed by atoms with Crippen molar-refractivity contribution in [3.8, 4) is 11.3 Å². The predicted molar refractivity (Wildman–Crippen MR) is 153 cm³/mol. The van der Waals surface area contributed by atoms with E-state index >= 15 is 0 Å². The summed E-state index contributed by atoms with van der Waals surface area (Å²) in [5, 5.41) is 1.22. The van der Waals surface area contributed by atoms with Crippen LogP contribution in [0.2, 0.25) is 0 Å². The molecule has 4 aromatic carbocycles. The summed E-state index contributed by atoms with van der Waals surface area (Å²) in [5.41, 5.74) is 15.3. The summed E-state index contributed by atoms with van der Waals surface area (Å²) < 4.78 is 0. The summed E-state index contributed by atoms with van der Waals surface area (Å²) >= 11 is 0. The van der Waals surface area contributed by atoms with Crippen molar-refractivity contribution in [3.05, 3.63) is 118 Å². The number of nitrogens with zero attached hydrogens (tertiary/aromatic N) is 1. The number of fused-ring (bicyclic) bond motifs is 1. The van der Waals surface area contributed by atoms with Crippen molar-refractivity contribution >= 4 is 34.0 Å². The Morgan fingerprint density at radius 2 is 1.03 bits per heavy atom. The van der Waals surface area contributed by atoms with Gasteiger partial charge in [-0.05, 0) is 59.1 Å². The highest BCUT2D eigenvalue weighted by atomic mass is 14.7. The van der Waals surface area contributed by atoms with Crippen molar-refractivity contribution in [2.45, 2.75) is 41.5 Å². The van der Waals surface area contributed by atoms with E-state index in [9.17, 15) is 0 Å². The summed E-state index contributed by atoms with van der Waals surface area (Å²) in [4.78, 5) is 5.09. The quantitative estimate of drug-likeness (QED) is 0.293. The number of benzene rings is 4. The minimum Gasteiger partial charge on any atom is -0.248 e. The molecule has 0 saturated carbocycles. The van der Waals surface area contributed by atoms with Crippen molar-refractivity contribution in [2.24, 2.45) is 0 Å². The van der Waals surface area contributed by atoms with Crippen molar-refractivity contribution in [2.75, 3.05) is 0 Å². The molecule has 0 unspecified atom stereocenters. The fraction of sp³-hybridized carbons (Fsp3) is 0.182. The van der Waals surface area contributed by atoms with Gasteiger partial charge in [-0.1, -0.05) is 123 Å². The lowest BCUT2D eigenvalue weighted by atomic mass is 9.33. The average Bonchev–Trinajstić information content (AvgIpc) is 2.82. The van der Waals surface area contributed by atoms with Crippen LogP contribution < -0.4 is 16.4 Å². The van der Waals surface area contributed by atoms with Crippen LogP contribution in [0.5, 0.6) is 0 Å². The Kier molecular flexibility index (Phi) is 6.07. The Bertz CT molecular complexity index is 1450. The molecular formula is C33H32BN. The summed E-state index contributed by atoms with van der Waals surface area (Å²) in [6.45, 7) is 13.6. The first-order valence-corrected chi connectivity index (χ1v) is 12.4. The van der Waals surface area contributed by atoms with Crippen molar-refractivity contribution < 1.29 is 0 Å². The third kappa shape index (κ3) is 4.30. The molecule has 1 nitrogen and oxygen atoms in total. The molecule has 0 radical (unpaired) electrons. The van der Waals surface area contributed by atoms with Gasteiger partial charge >= 0.3 is 0 Å². The van der Waals surface area contributed by atoms with Gasteiger partial charge in [0.1, 0.15) is 0 Å². The van der Waals surface area contributed by atoms with E-state index in [1.54, 1.807) is 0 Å². The lowest BCUT2D eigenvalue weighted by Crippen LogP contribution is -2.56. The number of pyridine rings is 1. The Balaban J connectivity index is 1.91. The highest BCUT2D eigenvalue weighted by molar-refractivity contribution is 6.98. The average molecular weight is 453 g/mol. The molecule has 5 aromatic rings. The molecule has 0 N–H and O–H groups in total. The number of aryl methyl sites for hydroxylation is 6. The number of para-hydroxylation sites is 1. The van der Waals surface area contributed by atoms with Gasteiger partial charge in [-0.2, -0.15) is 0 Å². The van der Waals surface area contributed by atoms with Crippen LogP contribution in [0.3, 0.4) is 0 Å². The standard InChI is InChI=1S/C33H32BN/c1-21-16-23(3)32(24(4)17-21)34(33-25(5)18-22(2)19-26(33)6)29-20-31(27-12-8-7-9-13-27)35-30-15-11-10-14-28(29)30/h7-20H,1-6H3. The first-order valence-electron chi connectivity index (χ1n) is 12.4. The molecule has 0 saturated heterocycles. The number of aromatic nitrogens is 1. The van der Waals surface area contributed by atoms with Gasteiger partial charge < -0.3 is 0 Å². The van der Waals surface area contributed by atoms with Gasteiger partial charge in [-0.3, -0.25) is 0 Å². The van der Waals surface area contributed by atoms with E-state index in [-0.39, 0.29) is 6.71 Å². The SMILES string of the molecule is Cc1cc(C)c(B(c2c(C)cc(C)cc2C)c2cc(-c3ccccc3)nc3ccccc23)c(C)c1. The molecule has 0 aliphatic rings. The predicted octanol–water partition coefficient (Wildman–Crippen LogP) is 6.27. The van der Waals surface area contributed by atoms with E-state index in [1.807, 2.05) is 0 Å². The van der Waals surface area contributed by atoms with E-state index in [4.69, 9.17) is 4.98 Å². The Hall–Kier alpha value is -3.65. The second-order valence-electron chi connectivity index (χ2n) is 10.0. The van der Waals surface area contributed by atoms with Gasteiger partial charge in [0, 0.05) is 5.56 Å². The highest BCUT2D eigenvalue weighted by Crippen LogP contribution is 2.22. The van der Waals surface area contributed by atoms with Crippen LogP contribution in [-0.2, 0) is 0 Å². The normalized spacial score (nSPS) is 11.1. The molecule has 0 aliphatic heterocycles. The smallest absolute Gasteiger partial charge is 0.243 e. The number of rotatable bonds is 4. The molecule has 0 spiro atoms. The van der Waals surface area contributed by atoms with Crippen LogP contribution in [0, 0.1) is 41.5 Å². The van der Waals surface area contributed by atoms with Crippen molar-refractivity contribution in [1.29, 1.82) is 0 Å². The second-order valence-corrected chi connectivity index (χ2v) is 10.0. The molecule has 0 bridgehead atoms. The monoisotopic (exact) mass is 453 g/mol. The van der Waals surface area contributed by atoms with Gasteiger partial charge in [0.25, 0.3) is 0 Å². The zero-order valence-electron chi connectivity index (χ0n) is 21.6. The van der Waals surface area contributed by atoms with Gasteiger partial charge in [0.05, 0.1) is 11.2 Å². The summed E-state index contributed by atoms with van der Waals surface area (Å²) in [6, 6.07) is 30.8. The van der Waals surface area contributed by atoms with E-state index in [2.05, 4.69) is 126 Å². The number of hydrogen-bond donors (Lipinski definition) is 0. The second kappa shape index (κ2) is 9.19. The highest BCUT2D eigenvalue weighted by Gasteiger charge is 2.30. The zero-order valence-corrected chi connectivity index (χ0v) is 21.6. The maximum Gasteiger partial charge on any atom is 0.243 e.